The highest BCUT2D eigenvalue weighted by Gasteiger charge is 2.29. The fourth-order valence-electron chi connectivity index (χ4n) is 4.39. The molecule has 0 radical (unpaired) electrons. The van der Waals surface area contributed by atoms with Gasteiger partial charge >= 0.3 is 0 Å². The van der Waals surface area contributed by atoms with E-state index < -0.39 is 11.6 Å². The zero-order valence-electron chi connectivity index (χ0n) is 18.7. The standard InChI is InChI=1S/C24H28F2N6O/c1-2-3-17-8-20(13-21(9-17)30-4-6-31(7-5-30)23-14-33-15-23)28-24-27-16-32(29-24)22-11-18(25)10-19(26)12-22/h8-13,16,23H,2-7,14-15H2,1H3,(H,28,29). The molecule has 2 aliphatic rings. The minimum absolute atomic E-state index is 0.281. The molecule has 0 spiro atoms. The lowest BCUT2D eigenvalue weighted by Gasteiger charge is -2.43. The number of piperazine rings is 1. The van der Waals surface area contributed by atoms with Gasteiger partial charge in [-0.2, -0.15) is 4.98 Å². The van der Waals surface area contributed by atoms with Crippen LogP contribution in [0.15, 0.2) is 42.7 Å². The molecule has 0 unspecified atom stereocenters. The molecule has 1 aromatic heterocycles. The van der Waals surface area contributed by atoms with E-state index in [1.54, 1.807) is 0 Å². The average molecular weight is 455 g/mol. The van der Waals surface area contributed by atoms with Crippen LogP contribution in [0.4, 0.5) is 26.1 Å². The number of hydrogen-bond donors (Lipinski definition) is 1. The number of nitrogens with zero attached hydrogens (tertiary/aromatic N) is 5. The molecule has 5 rings (SSSR count). The lowest BCUT2D eigenvalue weighted by molar-refractivity contribution is -0.0660. The van der Waals surface area contributed by atoms with E-state index in [0.717, 1.165) is 64.0 Å². The number of halogens is 2. The number of hydrogen-bond acceptors (Lipinski definition) is 6. The second kappa shape index (κ2) is 9.44. The number of anilines is 3. The Morgan fingerprint density at radius 2 is 1.73 bits per heavy atom. The number of rotatable bonds is 7. The summed E-state index contributed by atoms with van der Waals surface area (Å²) in [5.74, 6) is -0.942. The van der Waals surface area contributed by atoms with E-state index in [9.17, 15) is 8.78 Å². The molecule has 9 heteroatoms. The first-order chi connectivity index (χ1) is 16.1. The number of ether oxygens (including phenoxy) is 1. The summed E-state index contributed by atoms with van der Waals surface area (Å²) >= 11 is 0. The van der Waals surface area contributed by atoms with Crippen molar-refractivity contribution in [1.82, 2.24) is 19.7 Å². The second-order valence-corrected chi connectivity index (χ2v) is 8.62. The van der Waals surface area contributed by atoms with Crippen LogP contribution < -0.4 is 10.2 Å². The molecule has 0 saturated carbocycles. The van der Waals surface area contributed by atoms with Crippen molar-refractivity contribution >= 4 is 17.3 Å². The Morgan fingerprint density at radius 3 is 2.39 bits per heavy atom. The van der Waals surface area contributed by atoms with E-state index >= 15 is 0 Å². The number of aromatic nitrogens is 3. The number of nitrogens with one attached hydrogen (secondary N) is 1. The van der Waals surface area contributed by atoms with Gasteiger partial charge in [0, 0.05) is 43.6 Å². The molecule has 7 nitrogen and oxygen atoms in total. The van der Waals surface area contributed by atoms with Gasteiger partial charge in [-0.3, -0.25) is 4.90 Å². The van der Waals surface area contributed by atoms with E-state index in [1.807, 2.05) is 0 Å². The van der Waals surface area contributed by atoms with Crippen LogP contribution >= 0.6 is 0 Å². The van der Waals surface area contributed by atoms with E-state index in [1.165, 1.54) is 34.4 Å². The molecule has 2 fully saturated rings. The van der Waals surface area contributed by atoms with Crippen molar-refractivity contribution in [1.29, 1.82) is 0 Å². The van der Waals surface area contributed by atoms with Crippen LogP contribution in [-0.4, -0.2) is 65.1 Å². The Kier molecular flexibility index (Phi) is 6.24. The van der Waals surface area contributed by atoms with Crippen molar-refractivity contribution in [2.45, 2.75) is 25.8 Å². The maximum Gasteiger partial charge on any atom is 0.246 e. The SMILES string of the molecule is CCCc1cc(Nc2ncn(-c3cc(F)cc(F)c3)n2)cc(N2CCN(C3COC3)CC2)c1. The van der Waals surface area contributed by atoms with Gasteiger partial charge in [-0.25, -0.2) is 13.5 Å². The monoisotopic (exact) mass is 454 g/mol. The average Bonchev–Trinajstić information content (AvgIpc) is 3.21. The molecule has 3 heterocycles. The molecular weight excluding hydrogens is 426 g/mol. The van der Waals surface area contributed by atoms with Gasteiger partial charge in [-0.05, 0) is 42.3 Å². The highest BCUT2D eigenvalue weighted by Crippen LogP contribution is 2.27. The van der Waals surface area contributed by atoms with E-state index in [4.69, 9.17) is 4.74 Å². The molecule has 33 heavy (non-hydrogen) atoms. The lowest BCUT2D eigenvalue weighted by Crippen LogP contribution is -2.56. The molecule has 0 atom stereocenters. The van der Waals surface area contributed by atoms with Gasteiger partial charge < -0.3 is 15.0 Å². The van der Waals surface area contributed by atoms with Gasteiger partial charge in [-0.15, -0.1) is 5.10 Å². The van der Waals surface area contributed by atoms with Gasteiger partial charge in [0.05, 0.1) is 24.9 Å². The van der Waals surface area contributed by atoms with Gasteiger partial charge in [0.1, 0.15) is 18.0 Å². The second-order valence-electron chi connectivity index (χ2n) is 8.62. The summed E-state index contributed by atoms with van der Waals surface area (Å²) in [6, 6.07) is 10.3. The van der Waals surface area contributed by atoms with Gasteiger partial charge in [0.15, 0.2) is 0 Å². The largest absolute Gasteiger partial charge is 0.378 e. The highest BCUT2D eigenvalue weighted by molar-refractivity contribution is 5.64. The quantitative estimate of drug-likeness (QED) is 0.587. The van der Waals surface area contributed by atoms with Crippen LogP contribution in [0.2, 0.25) is 0 Å². The molecule has 2 aromatic carbocycles. The van der Waals surface area contributed by atoms with Crippen molar-refractivity contribution in [2.24, 2.45) is 0 Å². The zero-order valence-corrected chi connectivity index (χ0v) is 18.7. The molecule has 2 saturated heterocycles. The molecule has 1 N–H and O–H groups in total. The third-order valence-corrected chi connectivity index (χ3v) is 6.19. The molecule has 3 aromatic rings. The van der Waals surface area contributed by atoms with Crippen molar-refractivity contribution < 1.29 is 13.5 Å². The van der Waals surface area contributed by atoms with Crippen LogP contribution in [0, 0.1) is 11.6 Å². The van der Waals surface area contributed by atoms with Crippen LogP contribution in [-0.2, 0) is 11.2 Å². The topological polar surface area (TPSA) is 58.5 Å². The van der Waals surface area contributed by atoms with Gasteiger partial charge in [-0.1, -0.05) is 13.3 Å². The van der Waals surface area contributed by atoms with E-state index in [-0.39, 0.29) is 5.69 Å². The molecule has 0 bridgehead atoms. The lowest BCUT2D eigenvalue weighted by atomic mass is 10.1. The summed E-state index contributed by atoms with van der Waals surface area (Å²) < 4.78 is 33.8. The normalized spacial score (nSPS) is 17.2. The Labute approximate surface area is 192 Å². The maximum absolute atomic E-state index is 13.6. The summed E-state index contributed by atoms with van der Waals surface area (Å²) in [7, 11) is 0. The van der Waals surface area contributed by atoms with E-state index in [2.05, 4.69) is 50.3 Å². The summed E-state index contributed by atoms with van der Waals surface area (Å²) in [4.78, 5) is 9.21. The minimum atomic E-state index is -0.656. The fraction of sp³-hybridized carbons (Fsp3) is 0.417. The summed E-state index contributed by atoms with van der Waals surface area (Å²) in [5.41, 5.74) is 3.61. The number of aryl methyl sites for hydroxylation is 1. The first kappa shape index (κ1) is 21.8. The molecular formula is C24H28F2N6O. The van der Waals surface area contributed by atoms with Gasteiger partial charge in [0.2, 0.25) is 5.95 Å². The maximum atomic E-state index is 13.6. The molecule has 2 aliphatic heterocycles. The first-order valence-electron chi connectivity index (χ1n) is 11.4. The van der Waals surface area contributed by atoms with Crippen molar-refractivity contribution in [3.8, 4) is 5.69 Å². The van der Waals surface area contributed by atoms with Crippen molar-refractivity contribution in [3.05, 3.63) is 59.9 Å². The van der Waals surface area contributed by atoms with E-state index in [0.29, 0.717) is 12.0 Å². The zero-order chi connectivity index (χ0) is 22.8. The smallest absolute Gasteiger partial charge is 0.246 e. The third-order valence-electron chi connectivity index (χ3n) is 6.19. The third kappa shape index (κ3) is 4.99. The van der Waals surface area contributed by atoms with Crippen LogP contribution in [0.25, 0.3) is 5.69 Å². The Hall–Kier alpha value is -3.04. The minimum Gasteiger partial charge on any atom is -0.378 e. The Morgan fingerprint density at radius 1 is 0.970 bits per heavy atom. The van der Waals surface area contributed by atoms with Crippen molar-refractivity contribution in [3.63, 3.8) is 0 Å². The van der Waals surface area contributed by atoms with Crippen molar-refractivity contribution in [2.75, 3.05) is 49.6 Å². The molecule has 174 valence electrons. The summed E-state index contributed by atoms with van der Waals surface area (Å²) in [6.45, 7) is 7.88. The summed E-state index contributed by atoms with van der Waals surface area (Å²) in [5, 5.41) is 7.61. The number of benzene rings is 2. The van der Waals surface area contributed by atoms with Crippen LogP contribution in [0.5, 0.6) is 0 Å². The molecule has 0 aliphatic carbocycles. The van der Waals surface area contributed by atoms with Crippen LogP contribution in [0.1, 0.15) is 18.9 Å². The fourth-order valence-corrected chi connectivity index (χ4v) is 4.39. The Bertz CT molecular complexity index is 1090. The van der Waals surface area contributed by atoms with Crippen LogP contribution in [0.3, 0.4) is 0 Å². The molecule has 0 amide bonds. The first-order valence-corrected chi connectivity index (χ1v) is 11.4. The predicted molar refractivity (Wildman–Crippen MR) is 123 cm³/mol. The Balaban J connectivity index is 1.33. The van der Waals surface area contributed by atoms with Gasteiger partial charge in [0.25, 0.3) is 0 Å². The highest BCUT2D eigenvalue weighted by atomic mass is 19.1. The summed E-state index contributed by atoms with van der Waals surface area (Å²) in [6.07, 6.45) is 3.47. The predicted octanol–water partition coefficient (Wildman–Crippen LogP) is 3.76.